The van der Waals surface area contributed by atoms with Crippen molar-refractivity contribution in [2.24, 2.45) is 5.92 Å². The van der Waals surface area contributed by atoms with E-state index in [0.29, 0.717) is 11.8 Å². The first-order chi connectivity index (χ1) is 10.2. The summed E-state index contributed by atoms with van der Waals surface area (Å²) < 4.78 is 7.03. The number of piperidine rings is 1. The molecule has 6 nitrogen and oxygen atoms in total. The molecule has 2 aromatic heterocycles. The predicted molar refractivity (Wildman–Crippen MR) is 78.6 cm³/mol. The van der Waals surface area contributed by atoms with Crippen molar-refractivity contribution in [1.29, 1.82) is 0 Å². The SMILES string of the molecule is CCn1cc(CN2CCC(Cc3noc(C)n3)CC2)cn1. The van der Waals surface area contributed by atoms with Crippen LogP contribution in [0.5, 0.6) is 0 Å². The maximum Gasteiger partial charge on any atom is 0.223 e. The molecule has 3 heterocycles. The molecule has 1 fully saturated rings. The molecule has 1 aliphatic heterocycles. The van der Waals surface area contributed by atoms with Crippen LogP contribution in [-0.2, 0) is 19.5 Å². The molecule has 1 saturated heterocycles. The van der Waals surface area contributed by atoms with E-state index in [1.807, 2.05) is 17.8 Å². The van der Waals surface area contributed by atoms with Crippen molar-refractivity contribution in [3.05, 3.63) is 29.7 Å². The molecule has 0 radical (unpaired) electrons. The van der Waals surface area contributed by atoms with Crippen LogP contribution < -0.4 is 0 Å². The van der Waals surface area contributed by atoms with Gasteiger partial charge in [0.15, 0.2) is 5.82 Å². The Labute approximate surface area is 125 Å². The van der Waals surface area contributed by atoms with Crippen LogP contribution in [0, 0.1) is 12.8 Å². The van der Waals surface area contributed by atoms with E-state index < -0.39 is 0 Å². The minimum Gasteiger partial charge on any atom is -0.340 e. The van der Waals surface area contributed by atoms with Gasteiger partial charge in [-0.15, -0.1) is 0 Å². The summed E-state index contributed by atoms with van der Waals surface area (Å²) in [5.74, 6) is 2.20. The lowest BCUT2D eigenvalue weighted by atomic mass is 9.93. The van der Waals surface area contributed by atoms with Crippen molar-refractivity contribution in [2.45, 2.75) is 46.2 Å². The standard InChI is InChI=1S/C15H23N5O/c1-3-20-11-14(9-16-20)10-19-6-4-13(5-7-19)8-15-17-12(2)21-18-15/h9,11,13H,3-8,10H2,1-2H3. The third-order valence-corrected chi connectivity index (χ3v) is 4.16. The summed E-state index contributed by atoms with van der Waals surface area (Å²) in [6.45, 7) is 8.18. The van der Waals surface area contributed by atoms with E-state index in [-0.39, 0.29) is 0 Å². The average Bonchev–Trinajstić information content (AvgIpc) is 3.10. The van der Waals surface area contributed by atoms with Gasteiger partial charge in [-0.3, -0.25) is 9.58 Å². The highest BCUT2D eigenvalue weighted by molar-refractivity contribution is 5.04. The zero-order chi connectivity index (χ0) is 14.7. The van der Waals surface area contributed by atoms with Crippen LogP contribution in [0.4, 0.5) is 0 Å². The Balaban J connectivity index is 1.46. The Morgan fingerprint density at radius 3 is 2.76 bits per heavy atom. The van der Waals surface area contributed by atoms with E-state index in [1.54, 1.807) is 0 Å². The lowest BCUT2D eigenvalue weighted by Crippen LogP contribution is -2.33. The summed E-state index contributed by atoms with van der Waals surface area (Å²) >= 11 is 0. The van der Waals surface area contributed by atoms with Gasteiger partial charge in [0.1, 0.15) is 0 Å². The third-order valence-electron chi connectivity index (χ3n) is 4.16. The molecule has 0 N–H and O–H groups in total. The van der Waals surface area contributed by atoms with Crippen LogP contribution in [0.3, 0.4) is 0 Å². The van der Waals surface area contributed by atoms with Gasteiger partial charge in [-0.2, -0.15) is 10.1 Å². The summed E-state index contributed by atoms with van der Waals surface area (Å²) in [5.41, 5.74) is 1.31. The number of hydrogen-bond donors (Lipinski definition) is 0. The van der Waals surface area contributed by atoms with Crippen LogP contribution in [-0.4, -0.2) is 37.9 Å². The maximum atomic E-state index is 5.04. The molecule has 0 unspecified atom stereocenters. The van der Waals surface area contributed by atoms with Crippen molar-refractivity contribution < 1.29 is 4.52 Å². The number of aryl methyl sites for hydroxylation is 2. The Kier molecular flexibility index (Phi) is 4.34. The first kappa shape index (κ1) is 14.3. The number of aromatic nitrogens is 4. The Morgan fingerprint density at radius 2 is 2.14 bits per heavy atom. The lowest BCUT2D eigenvalue weighted by Gasteiger charge is -2.31. The molecule has 6 heteroatoms. The average molecular weight is 289 g/mol. The second kappa shape index (κ2) is 6.39. The van der Waals surface area contributed by atoms with Crippen molar-refractivity contribution in [3.8, 4) is 0 Å². The maximum absolute atomic E-state index is 5.04. The molecule has 0 spiro atoms. The lowest BCUT2D eigenvalue weighted by molar-refractivity contribution is 0.175. The summed E-state index contributed by atoms with van der Waals surface area (Å²) in [5, 5.41) is 8.33. The molecule has 0 bridgehead atoms. The normalized spacial score (nSPS) is 17.4. The fourth-order valence-corrected chi connectivity index (χ4v) is 2.95. The second-order valence-electron chi connectivity index (χ2n) is 5.86. The largest absolute Gasteiger partial charge is 0.340 e. The smallest absolute Gasteiger partial charge is 0.223 e. The van der Waals surface area contributed by atoms with Gasteiger partial charge < -0.3 is 4.52 Å². The van der Waals surface area contributed by atoms with E-state index in [1.165, 1.54) is 18.4 Å². The summed E-state index contributed by atoms with van der Waals surface area (Å²) in [7, 11) is 0. The van der Waals surface area contributed by atoms with E-state index in [4.69, 9.17) is 4.52 Å². The first-order valence-electron chi connectivity index (χ1n) is 7.76. The van der Waals surface area contributed by atoms with Gasteiger partial charge >= 0.3 is 0 Å². The summed E-state index contributed by atoms with van der Waals surface area (Å²) in [6, 6.07) is 0. The molecule has 1 aliphatic rings. The van der Waals surface area contributed by atoms with Gasteiger partial charge in [0.05, 0.1) is 6.20 Å². The van der Waals surface area contributed by atoms with Crippen molar-refractivity contribution in [2.75, 3.05) is 13.1 Å². The number of nitrogens with zero attached hydrogens (tertiary/aromatic N) is 5. The molecule has 21 heavy (non-hydrogen) atoms. The quantitative estimate of drug-likeness (QED) is 0.843. The van der Waals surface area contributed by atoms with Crippen LogP contribution in [0.25, 0.3) is 0 Å². The Bertz CT molecular complexity index is 568. The minimum absolute atomic E-state index is 0.662. The van der Waals surface area contributed by atoms with Crippen LogP contribution in [0.2, 0.25) is 0 Å². The highest BCUT2D eigenvalue weighted by Crippen LogP contribution is 2.21. The molecule has 0 saturated carbocycles. The van der Waals surface area contributed by atoms with Crippen LogP contribution in [0.15, 0.2) is 16.9 Å². The van der Waals surface area contributed by atoms with Crippen LogP contribution in [0.1, 0.15) is 37.0 Å². The fourth-order valence-electron chi connectivity index (χ4n) is 2.95. The van der Waals surface area contributed by atoms with Crippen LogP contribution >= 0.6 is 0 Å². The number of likely N-dealkylation sites (tertiary alicyclic amines) is 1. The topological polar surface area (TPSA) is 60.0 Å². The second-order valence-corrected chi connectivity index (χ2v) is 5.86. The van der Waals surface area contributed by atoms with Crippen molar-refractivity contribution in [3.63, 3.8) is 0 Å². The molecule has 0 atom stereocenters. The zero-order valence-corrected chi connectivity index (χ0v) is 12.8. The fraction of sp³-hybridized carbons (Fsp3) is 0.667. The van der Waals surface area contributed by atoms with E-state index in [2.05, 4.69) is 33.3 Å². The van der Waals surface area contributed by atoms with Crippen molar-refractivity contribution in [1.82, 2.24) is 24.8 Å². The first-order valence-corrected chi connectivity index (χ1v) is 7.76. The van der Waals surface area contributed by atoms with Gasteiger partial charge in [-0.05, 0) is 38.8 Å². The van der Waals surface area contributed by atoms with Gasteiger partial charge in [-0.1, -0.05) is 5.16 Å². The molecule has 2 aromatic rings. The number of rotatable bonds is 5. The highest BCUT2D eigenvalue weighted by atomic mass is 16.5. The summed E-state index contributed by atoms with van der Waals surface area (Å²) in [6.07, 6.45) is 7.48. The predicted octanol–water partition coefficient (Wildman–Crippen LogP) is 2.05. The van der Waals surface area contributed by atoms with Gasteiger partial charge in [0, 0.05) is 38.2 Å². The number of hydrogen-bond acceptors (Lipinski definition) is 5. The molecule has 0 amide bonds. The van der Waals surface area contributed by atoms with E-state index in [9.17, 15) is 0 Å². The molecule has 0 aliphatic carbocycles. The minimum atomic E-state index is 0.662. The highest BCUT2D eigenvalue weighted by Gasteiger charge is 2.21. The van der Waals surface area contributed by atoms with Gasteiger partial charge in [0.2, 0.25) is 5.89 Å². The Morgan fingerprint density at radius 1 is 1.33 bits per heavy atom. The summed E-state index contributed by atoms with van der Waals surface area (Å²) in [4.78, 5) is 6.81. The molecular formula is C15H23N5O. The third kappa shape index (κ3) is 3.69. The van der Waals surface area contributed by atoms with Gasteiger partial charge in [0.25, 0.3) is 0 Å². The van der Waals surface area contributed by atoms with Crippen molar-refractivity contribution >= 4 is 0 Å². The molecule has 3 rings (SSSR count). The Hall–Kier alpha value is -1.69. The van der Waals surface area contributed by atoms with E-state index in [0.717, 1.165) is 38.4 Å². The van der Waals surface area contributed by atoms with E-state index >= 15 is 0 Å². The van der Waals surface area contributed by atoms with Gasteiger partial charge in [-0.25, -0.2) is 0 Å². The molecular weight excluding hydrogens is 266 g/mol. The monoisotopic (exact) mass is 289 g/mol. The zero-order valence-electron chi connectivity index (χ0n) is 12.8. The molecule has 0 aromatic carbocycles. The molecule has 114 valence electrons.